The van der Waals surface area contributed by atoms with Gasteiger partial charge in [-0.15, -0.1) is 0 Å². The molecule has 7 heteroatoms. The van der Waals surface area contributed by atoms with Crippen molar-refractivity contribution >= 4 is 17.7 Å². The van der Waals surface area contributed by atoms with Crippen molar-refractivity contribution in [1.82, 2.24) is 20.0 Å². The minimum absolute atomic E-state index is 0.0409. The van der Waals surface area contributed by atoms with Gasteiger partial charge in [-0.1, -0.05) is 58.0 Å². The second-order valence-electron chi connectivity index (χ2n) is 11.8. The third-order valence-electron chi connectivity index (χ3n) is 7.82. The molecule has 1 aromatic carbocycles. The van der Waals surface area contributed by atoms with Crippen LogP contribution in [-0.4, -0.2) is 84.3 Å². The molecule has 7 nitrogen and oxygen atoms in total. The molecule has 37 heavy (non-hydrogen) atoms. The van der Waals surface area contributed by atoms with Crippen LogP contribution in [0.2, 0.25) is 0 Å². The van der Waals surface area contributed by atoms with E-state index in [4.69, 9.17) is 0 Å². The minimum Gasteiger partial charge on any atom is -0.346 e. The third kappa shape index (κ3) is 8.56. The predicted molar refractivity (Wildman–Crippen MR) is 148 cm³/mol. The zero-order valence-electron chi connectivity index (χ0n) is 23.6. The first-order chi connectivity index (χ1) is 17.7. The van der Waals surface area contributed by atoms with Gasteiger partial charge in [0.2, 0.25) is 17.7 Å². The maximum Gasteiger partial charge on any atom is 0.245 e. The molecule has 0 aliphatic carbocycles. The molecule has 2 heterocycles. The summed E-state index contributed by atoms with van der Waals surface area (Å²) >= 11 is 0. The van der Waals surface area contributed by atoms with Crippen LogP contribution in [0.4, 0.5) is 0 Å². The van der Waals surface area contributed by atoms with Crippen LogP contribution in [-0.2, 0) is 20.8 Å². The zero-order valence-corrected chi connectivity index (χ0v) is 23.6. The highest BCUT2D eigenvalue weighted by atomic mass is 16.2. The molecule has 3 amide bonds. The number of piperazine rings is 1. The Morgan fingerprint density at radius 1 is 1.03 bits per heavy atom. The van der Waals surface area contributed by atoms with Crippen molar-refractivity contribution in [2.24, 2.45) is 17.8 Å². The van der Waals surface area contributed by atoms with E-state index in [9.17, 15) is 14.4 Å². The van der Waals surface area contributed by atoms with E-state index < -0.39 is 6.04 Å². The van der Waals surface area contributed by atoms with Crippen molar-refractivity contribution in [1.29, 1.82) is 0 Å². The summed E-state index contributed by atoms with van der Waals surface area (Å²) < 4.78 is 0. The average molecular weight is 513 g/mol. The number of benzene rings is 1. The smallest absolute Gasteiger partial charge is 0.245 e. The second-order valence-corrected chi connectivity index (χ2v) is 11.8. The van der Waals surface area contributed by atoms with E-state index in [1.807, 2.05) is 52.1 Å². The quantitative estimate of drug-likeness (QED) is 0.492. The van der Waals surface area contributed by atoms with Crippen LogP contribution in [0, 0.1) is 17.8 Å². The van der Waals surface area contributed by atoms with Crippen LogP contribution >= 0.6 is 0 Å². The summed E-state index contributed by atoms with van der Waals surface area (Å²) in [4.78, 5) is 45.7. The van der Waals surface area contributed by atoms with Crippen molar-refractivity contribution in [2.45, 2.75) is 78.3 Å². The lowest BCUT2D eigenvalue weighted by molar-refractivity contribution is -0.149. The molecule has 2 atom stereocenters. The van der Waals surface area contributed by atoms with Crippen LogP contribution in [0.3, 0.4) is 0 Å². The lowest BCUT2D eigenvalue weighted by Crippen LogP contribution is -2.62. The highest BCUT2D eigenvalue weighted by Crippen LogP contribution is 2.24. The van der Waals surface area contributed by atoms with Gasteiger partial charge in [-0.3, -0.25) is 14.4 Å². The molecule has 0 bridgehead atoms. The summed E-state index contributed by atoms with van der Waals surface area (Å²) in [6.07, 6.45) is 4.53. The lowest BCUT2D eigenvalue weighted by atomic mass is 9.91. The van der Waals surface area contributed by atoms with E-state index in [-0.39, 0.29) is 23.8 Å². The van der Waals surface area contributed by atoms with Gasteiger partial charge in [0.15, 0.2) is 0 Å². The maximum absolute atomic E-state index is 13.9. The van der Waals surface area contributed by atoms with Gasteiger partial charge in [0.05, 0.1) is 6.04 Å². The molecule has 0 saturated carbocycles. The van der Waals surface area contributed by atoms with Gasteiger partial charge in [0, 0.05) is 52.6 Å². The molecule has 0 aromatic heterocycles. The molecule has 1 N–H and O–H groups in total. The normalized spacial score (nSPS) is 20.0. The fourth-order valence-electron chi connectivity index (χ4n) is 5.44. The van der Waals surface area contributed by atoms with Crippen molar-refractivity contribution in [3.05, 3.63) is 35.9 Å². The molecule has 2 aliphatic heterocycles. The Morgan fingerprint density at radius 2 is 1.70 bits per heavy atom. The summed E-state index contributed by atoms with van der Waals surface area (Å²) in [7, 11) is 1.90. The highest BCUT2D eigenvalue weighted by Gasteiger charge is 2.39. The molecular formula is C30H48N4O3. The second kappa shape index (κ2) is 13.9. The number of nitrogens with zero attached hydrogens (tertiary/aromatic N) is 3. The van der Waals surface area contributed by atoms with E-state index in [2.05, 4.69) is 33.0 Å². The number of likely N-dealkylation sites (tertiary alicyclic amines) is 1. The first-order valence-electron chi connectivity index (χ1n) is 14.3. The molecule has 0 radical (unpaired) electrons. The Hall–Kier alpha value is -2.41. The summed E-state index contributed by atoms with van der Waals surface area (Å²) in [6.45, 7) is 11.9. The van der Waals surface area contributed by atoms with Crippen LogP contribution in [0.15, 0.2) is 30.3 Å². The SMILES string of the molecule is CC(C)CCN(C)C(=O)CC1CCN(C(=O)[C@H](Cc2ccccc2)N2CCN[C@@H](CC(C)C)C2=O)CC1. The van der Waals surface area contributed by atoms with Crippen molar-refractivity contribution in [2.75, 3.05) is 39.8 Å². The topological polar surface area (TPSA) is 73.0 Å². The highest BCUT2D eigenvalue weighted by molar-refractivity contribution is 5.90. The van der Waals surface area contributed by atoms with Crippen LogP contribution in [0.1, 0.15) is 65.4 Å². The van der Waals surface area contributed by atoms with Gasteiger partial charge in [0.25, 0.3) is 0 Å². The van der Waals surface area contributed by atoms with Crippen LogP contribution in [0.5, 0.6) is 0 Å². The number of rotatable bonds is 11. The fourth-order valence-corrected chi connectivity index (χ4v) is 5.44. The van der Waals surface area contributed by atoms with Gasteiger partial charge in [0.1, 0.15) is 6.04 Å². The molecule has 2 fully saturated rings. The molecular weight excluding hydrogens is 464 g/mol. The number of amides is 3. The monoisotopic (exact) mass is 512 g/mol. The van der Waals surface area contributed by atoms with Crippen molar-refractivity contribution < 1.29 is 14.4 Å². The summed E-state index contributed by atoms with van der Waals surface area (Å²) in [5, 5.41) is 3.36. The summed E-state index contributed by atoms with van der Waals surface area (Å²) in [6, 6.07) is 9.29. The van der Waals surface area contributed by atoms with E-state index >= 15 is 0 Å². The molecule has 2 saturated heterocycles. The Morgan fingerprint density at radius 3 is 2.32 bits per heavy atom. The van der Waals surface area contributed by atoms with E-state index in [0.29, 0.717) is 56.8 Å². The van der Waals surface area contributed by atoms with Crippen LogP contribution < -0.4 is 5.32 Å². The summed E-state index contributed by atoms with van der Waals surface area (Å²) in [5.41, 5.74) is 1.07. The predicted octanol–water partition coefficient (Wildman–Crippen LogP) is 3.58. The molecule has 206 valence electrons. The molecule has 1 aromatic rings. The first-order valence-corrected chi connectivity index (χ1v) is 14.3. The number of carbonyl (C=O) groups is 3. The average Bonchev–Trinajstić information content (AvgIpc) is 2.87. The Kier molecular flexibility index (Phi) is 11.0. The standard InChI is InChI=1S/C30H48N4O3/c1-22(2)11-15-32(5)28(35)21-25-12-16-33(17-13-25)30(37)27(20-24-9-7-6-8-10-24)34-18-14-31-26(29(34)36)19-23(3)4/h6-10,22-23,25-27,31H,11-21H2,1-5H3/t26-,27-/m0/s1. The van der Waals surface area contributed by atoms with Gasteiger partial charge in [-0.25, -0.2) is 0 Å². The first kappa shape index (κ1) is 29.2. The number of nitrogens with one attached hydrogen (secondary N) is 1. The Bertz CT molecular complexity index is 880. The van der Waals surface area contributed by atoms with Crippen LogP contribution in [0.25, 0.3) is 0 Å². The Balaban J connectivity index is 1.64. The number of piperidine rings is 1. The third-order valence-corrected chi connectivity index (χ3v) is 7.82. The fraction of sp³-hybridized carbons (Fsp3) is 0.700. The minimum atomic E-state index is -0.494. The van der Waals surface area contributed by atoms with E-state index in [1.54, 1.807) is 0 Å². The zero-order chi connectivity index (χ0) is 26.9. The largest absolute Gasteiger partial charge is 0.346 e. The van der Waals surface area contributed by atoms with Gasteiger partial charge < -0.3 is 20.0 Å². The number of carbonyl (C=O) groups excluding carboxylic acids is 3. The Labute approximate surface area is 223 Å². The van der Waals surface area contributed by atoms with Crippen molar-refractivity contribution in [3.63, 3.8) is 0 Å². The van der Waals surface area contributed by atoms with Crippen molar-refractivity contribution in [3.8, 4) is 0 Å². The van der Waals surface area contributed by atoms with E-state index in [0.717, 1.165) is 37.8 Å². The summed E-state index contributed by atoms with van der Waals surface area (Å²) in [5.74, 6) is 1.57. The molecule has 3 rings (SSSR count). The number of hydrogen-bond acceptors (Lipinski definition) is 4. The number of hydrogen-bond donors (Lipinski definition) is 1. The molecule has 2 aliphatic rings. The van der Waals surface area contributed by atoms with Gasteiger partial charge >= 0.3 is 0 Å². The maximum atomic E-state index is 13.9. The molecule has 0 spiro atoms. The van der Waals surface area contributed by atoms with E-state index in [1.165, 1.54) is 0 Å². The van der Waals surface area contributed by atoms with Gasteiger partial charge in [-0.05, 0) is 49.0 Å². The van der Waals surface area contributed by atoms with Gasteiger partial charge in [-0.2, -0.15) is 0 Å². The lowest BCUT2D eigenvalue weighted by Gasteiger charge is -2.41. The molecule has 0 unspecified atom stereocenters.